The standard InChI is InChI=1S/C21H36N2O9Si/c1-6-12-28-20-15-18(23(25)26)17(14-19(20)27-5)16-29-21(24)22-11-10-13-33(30-7-2,31-8-3)32-9-4/h14-15H,6-13,16H2,1-5H3,(H,22,24). The van der Waals surface area contributed by atoms with Gasteiger partial charge in [0.1, 0.15) is 6.61 Å². The van der Waals surface area contributed by atoms with Crippen molar-refractivity contribution in [1.82, 2.24) is 5.32 Å². The SMILES string of the molecule is CCCOc1cc([N+](=O)[O-])c(COC(=O)NCCC[Si](OCC)(OCC)OCC)cc1OC. The zero-order chi connectivity index (χ0) is 24.7. The molecule has 0 aliphatic carbocycles. The second kappa shape index (κ2) is 15.4. The third-order valence-electron chi connectivity index (χ3n) is 4.40. The number of alkyl carbamates (subject to hydrolysis) is 1. The van der Waals surface area contributed by atoms with Gasteiger partial charge in [0.25, 0.3) is 5.69 Å². The van der Waals surface area contributed by atoms with Gasteiger partial charge in [-0.2, -0.15) is 0 Å². The molecule has 0 fully saturated rings. The highest BCUT2D eigenvalue weighted by Gasteiger charge is 2.39. The summed E-state index contributed by atoms with van der Waals surface area (Å²) in [7, 11) is -1.34. The summed E-state index contributed by atoms with van der Waals surface area (Å²) in [4.78, 5) is 23.1. The third-order valence-corrected chi connectivity index (χ3v) is 7.56. The summed E-state index contributed by atoms with van der Waals surface area (Å²) in [6.07, 6.45) is 0.621. The molecule has 1 aromatic rings. The monoisotopic (exact) mass is 488 g/mol. The number of hydrogen-bond donors (Lipinski definition) is 1. The van der Waals surface area contributed by atoms with Gasteiger partial charge in [-0.25, -0.2) is 4.79 Å². The van der Waals surface area contributed by atoms with Crippen molar-refractivity contribution >= 4 is 20.6 Å². The van der Waals surface area contributed by atoms with E-state index >= 15 is 0 Å². The van der Waals surface area contributed by atoms with Gasteiger partial charge in [-0.1, -0.05) is 6.92 Å². The van der Waals surface area contributed by atoms with E-state index in [0.717, 1.165) is 6.42 Å². The Labute approximate surface area is 196 Å². The molecule has 0 unspecified atom stereocenters. The molecule has 0 aromatic heterocycles. The molecule has 11 nitrogen and oxygen atoms in total. The van der Waals surface area contributed by atoms with E-state index in [1.165, 1.54) is 19.2 Å². The van der Waals surface area contributed by atoms with E-state index in [2.05, 4.69) is 5.32 Å². The third kappa shape index (κ3) is 9.54. The van der Waals surface area contributed by atoms with Crippen LogP contribution in [0.3, 0.4) is 0 Å². The van der Waals surface area contributed by atoms with Crippen LogP contribution in [0.1, 0.15) is 46.1 Å². The Bertz CT molecular complexity index is 732. The minimum absolute atomic E-state index is 0.200. The first-order chi connectivity index (χ1) is 15.9. The van der Waals surface area contributed by atoms with Gasteiger partial charge in [0.15, 0.2) is 11.5 Å². The van der Waals surface area contributed by atoms with Crippen molar-refractivity contribution in [1.29, 1.82) is 0 Å². The summed E-state index contributed by atoms with van der Waals surface area (Å²) in [6, 6.07) is 3.28. The Balaban J connectivity index is 2.68. The summed E-state index contributed by atoms with van der Waals surface area (Å²) in [5.74, 6) is 0.599. The molecule has 0 bridgehead atoms. The molecule has 33 heavy (non-hydrogen) atoms. The van der Waals surface area contributed by atoms with E-state index in [9.17, 15) is 14.9 Å². The van der Waals surface area contributed by atoms with Crippen LogP contribution in [0.4, 0.5) is 10.5 Å². The number of nitrogens with zero attached hydrogens (tertiary/aromatic N) is 1. The van der Waals surface area contributed by atoms with Crippen LogP contribution < -0.4 is 14.8 Å². The maximum atomic E-state index is 12.1. The lowest BCUT2D eigenvalue weighted by Gasteiger charge is -2.28. The number of nitro groups is 1. The Morgan fingerprint density at radius 2 is 1.70 bits per heavy atom. The van der Waals surface area contributed by atoms with Crippen LogP contribution >= 0.6 is 0 Å². The first-order valence-electron chi connectivity index (χ1n) is 11.2. The van der Waals surface area contributed by atoms with Crippen molar-refractivity contribution in [3.8, 4) is 11.5 Å². The van der Waals surface area contributed by atoms with Crippen molar-refractivity contribution < 1.29 is 37.2 Å². The van der Waals surface area contributed by atoms with E-state index < -0.39 is 19.8 Å². The van der Waals surface area contributed by atoms with Gasteiger partial charge in [-0.05, 0) is 39.7 Å². The maximum absolute atomic E-state index is 12.1. The van der Waals surface area contributed by atoms with Crippen LogP contribution in [-0.4, -0.2) is 59.9 Å². The normalized spacial score (nSPS) is 11.2. The number of nitro benzene ring substituents is 1. The predicted molar refractivity (Wildman–Crippen MR) is 124 cm³/mol. The van der Waals surface area contributed by atoms with E-state index in [1.54, 1.807) is 0 Å². The predicted octanol–water partition coefficient (Wildman–Crippen LogP) is 4.06. The molecule has 188 valence electrons. The van der Waals surface area contributed by atoms with E-state index in [4.69, 9.17) is 27.5 Å². The lowest BCUT2D eigenvalue weighted by molar-refractivity contribution is -0.385. The molecule has 0 aliphatic rings. The van der Waals surface area contributed by atoms with Gasteiger partial charge in [0, 0.05) is 32.4 Å². The van der Waals surface area contributed by atoms with Crippen molar-refractivity contribution in [3.63, 3.8) is 0 Å². The number of amides is 1. The summed E-state index contributed by atoms with van der Waals surface area (Å²) in [6.45, 7) is 9.42. The average Bonchev–Trinajstić information content (AvgIpc) is 2.79. The summed E-state index contributed by atoms with van der Waals surface area (Å²) >= 11 is 0. The number of methoxy groups -OCH3 is 1. The highest BCUT2D eigenvalue weighted by molar-refractivity contribution is 6.60. The highest BCUT2D eigenvalue weighted by atomic mass is 28.4. The number of benzene rings is 1. The fraction of sp³-hybridized carbons (Fsp3) is 0.667. The second-order valence-electron chi connectivity index (χ2n) is 6.83. The van der Waals surface area contributed by atoms with Crippen LogP contribution in [-0.2, 0) is 24.6 Å². The zero-order valence-electron chi connectivity index (χ0n) is 20.1. The summed E-state index contributed by atoms with van der Waals surface area (Å²) in [5.41, 5.74) is -0.0121. The van der Waals surface area contributed by atoms with Crippen LogP contribution in [0.25, 0.3) is 0 Å². The fourth-order valence-corrected chi connectivity index (χ4v) is 5.66. The molecule has 1 amide bonds. The van der Waals surface area contributed by atoms with Crippen molar-refractivity contribution in [3.05, 3.63) is 27.8 Å². The number of carbonyl (C=O) groups is 1. The largest absolute Gasteiger partial charge is 0.500 e. The molecule has 12 heteroatoms. The quantitative estimate of drug-likeness (QED) is 0.149. The van der Waals surface area contributed by atoms with Crippen LogP contribution in [0, 0.1) is 10.1 Å². The minimum Gasteiger partial charge on any atom is -0.493 e. The van der Waals surface area contributed by atoms with Gasteiger partial charge in [-0.15, -0.1) is 0 Å². The Morgan fingerprint density at radius 1 is 1.06 bits per heavy atom. The molecule has 0 saturated heterocycles. The fourth-order valence-electron chi connectivity index (χ4n) is 3.05. The van der Waals surface area contributed by atoms with Gasteiger partial charge in [0.05, 0.1) is 30.3 Å². The molecule has 0 heterocycles. The van der Waals surface area contributed by atoms with Crippen LogP contribution in [0.5, 0.6) is 11.5 Å². The number of rotatable bonds is 17. The lowest BCUT2D eigenvalue weighted by Crippen LogP contribution is -2.46. The van der Waals surface area contributed by atoms with Crippen LogP contribution in [0.15, 0.2) is 12.1 Å². The summed E-state index contributed by atoms with van der Waals surface area (Å²) < 4.78 is 33.3. The molecule has 1 N–H and O–H groups in total. The Hall–Kier alpha value is -2.41. The molecule has 0 spiro atoms. The van der Waals surface area contributed by atoms with Crippen molar-refractivity contribution in [2.45, 2.75) is 53.2 Å². The number of nitrogens with one attached hydrogen (secondary N) is 1. The molecule has 0 aliphatic heterocycles. The molecule has 1 rings (SSSR count). The van der Waals surface area contributed by atoms with Crippen molar-refractivity contribution in [2.24, 2.45) is 0 Å². The molecule has 0 saturated carbocycles. The zero-order valence-corrected chi connectivity index (χ0v) is 21.1. The molecular formula is C21H36N2O9Si. The van der Waals surface area contributed by atoms with Crippen LogP contribution in [0.2, 0.25) is 6.04 Å². The lowest BCUT2D eigenvalue weighted by atomic mass is 10.1. The second-order valence-corrected chi connectivity index (χ2v) is 9.56. The first-order valence-corrected chi connectivity index (χ1v) is 13.1. The van der Waals surface area contributed by atoms with Gasteiger partial charge in [0.2, 0.25) is 0 Å². The Morgan fingerprint density at radius 3 is 2.21 bits per heavy atom. The van der Waals surface area contributed by atoms with E-state index in [0.29, 0.717) is 51.2 Å². The van der Waals surface area contributed by atoms with Crippen molar-refractivity contribution in [2.75, 3.05) is 40.1 Å². The number of carbonyl (C=O) groups excluding carboxylic acids is 1. The topological polar surface area (TPSA) is 128 Å². The Kier molecular flexibility index (Phi) is 13.4. The molecular weight excluding hydrogens is 452 g/mol. The van der Waals surface area contributed by atoms with E-state index in [1.807, 2.05) is 27.7 Å². The summed E-state index contributed by atoms with van der Waals surface area (Å²) in [5, 5.41) is 14.1. The average molecular weight is 489 g/mol. The first kappa shape index (κ1) is 28.6. The van der Waals surface area contributed by atoms with Gasteiger partial charge >= 0.3 is 14.9 Å². The highest BCUT2D eigenvalue weighted by Crippen LogP contribution is 2.35. The minimum atomic E-state index is -2.78. The van der Waals surface area contributed by atoms with Gasteiger partial charge < -0.3 is 32.8 Å². The molecule has 0 radical (unpaired) electrons. The van der Waals surface area contributed by atoms with E-state index in [-0.39, 0.29) is 23.6 Å². The smallest absolute Gasteiger partial charge is 0.493 e. The molecule has 0 atom stereocenters. The molecule has 1 aromatic carbocycles. The maximum Gasteiger partial charge on any atom is 0.500 e. The number of hydrogen-bond acceptors (Lipinski definition) is 9. The number of ether oxygens (including phenoxy) is 3. The van der Waals surface area contributed by atoms with Gasteiger partial charge in [-0.3, -0.25) is 10.1 Å².